The molecule has 1 atom stereocenters. The van der Waals surface area contributed by atoms with E-state index in [9.17, 15) is 4.79 Å². The lowest BCUT2D eigenvalue weighted by Gasteiger charge is -2.28. The van der Waals surface area contributed by atoms with Gasteiger partial charge in [-0.25, -0.2) is 4.98 Å². The SMILES string of the molecule is Cc1ccc(NC(=O)C(C)Sc2nc3c(-c4ccc(N5CCOCC5)cc4)cccc3[nH]2)c(Cl)c1. The van der Waals surface area contributed by atoms with Crippen LogP contribution >= 0.6 is 23.4 Å². The van der Waals surface area contributed by atoms with E-state index in [1.54, 1.807) is 0 Å². The number of para-hydroxylation sites is 1. The number of carbonyl (C=O) groups excluding carboxylic acids is 1. The molecule has 1 aromatic heterocycles. The van der Waals surface area contributed by atoms with Gasteiger partial charge in [-0.1, -0.05) is 53.7 Å². The minimum Gasteiger partial charge on any atom is -0.378 e. The Balaban J connectivity index is 1.32. The summed E-state index contributed by atoms with van der Waals surface area (Å²) in [4.78, 5) is 23.3. The fourth-order valence-electron chi connectivity index (χ4n) is 4.15. The number of fused-ring (bicyclic) bond motifs is 1. The van der Waals surface area contributed by atoms with E-state index in [0.29, 0.717) is 15.9 Å². The number of imidazole rings is 1. The van der Waals surface area contributed by atoms with Crippen LogP contribution in [0.25, 0.3) is 22.2 Å². The smallest absolute Gasteiger partial charge is 0.237 e. The zero-order valence-electron chi connectivity index (χ0n) is 19.7. The highest BCUT2D eigenvalue weighted by atomic mass is 35.5. The van der Waals surface area contributed by atoms with E-state index >= 15 is 0 Å². The van der Waals surface area contributed by atoms with Crippen LogP contribution in [0.3, 0.4) is 0 Å². The number of hydrogen-bond donors (Lipinski definition) is 2. The minimum atomic E-state index is -0.357. The van der Waals surface area contributed by atoms with E-state index in [1.165, 1.54) is 17.4 Å². The standard InChI is InChI=1S/C27H27ClN4O2S/c1-17-6-11-23(22(28)16-17)29-26(33)18(2)35-27-30-24-5-3-4-21(25(24)31-27)19-7-9-20(10-8-19)32-12-14-34-15-13-32/h3-11,16,18H,12-15H2,1-2H3,(H,29,33)(H,30,31). The Kier molecular flexibility index (Phi) is 7.00. The Morgan fingerprint density at radius 1 is 1.14 bits per heavy atom. The van der Waals surface area contributed by atoms with Gasteiger partial charge >= 0.3 is 0 Å². The number of H-pyrrole nitrogens is 1. The molecule has 1 unspecified atom stereocenters. The second kappa shape index (κ2) is 10.3. The molecule has 2 N–H and O–H groups in total. The number of hydrogen-bond acceptors (Lipinski definition) is 5. The van der Waals surface area contributed by atoms with Crippen molar-refractivity contribution in [2.24, 2.45) is 0 Å². The average molecular weight is 507 g/mol. The van der Waals surface area contributed by atoms with Gasteiger partial charge in [0, 0.05) is 24.3 Å². The molecule has 1 saturated heterocycles. The Hall–Kier alpha value is -3.00. The molecule has 6 nitrogen and oxygen atoms in total. The summed E-state index contributed by atoms with van der Waals surface area (Å²) in [6, 6.07) is 20.3. The fraction of sp³-hybridized carbons (Fsp3) is 0.259. The third-order valence-electron chi connectivity index (χ3n) is 6.09. The number of thioether (sulfide) groups is 1. The van der Waals surface area contributed by atoms with Crippen molar-refractivity contribution in [2.75, 3.05) is 36.5 Å². The van der Waals surface area contributed by atoms with Crippen LogP contribution in [0.2, 0.25) is 5.02 Å². The Bertz CT molecular complexity index is 1350. The van der Waals surface area contributed by atoms with Crippen molar-refractivity contribution in [3.63, 3.8) is 0 Å². The maximum Gasteiger partial charge on any atom is 0.237 e. The van der Waals surface area contributed by atoms with Gasteiger partial charge in [0.05, 0.1) is 40.2 Å². The Labute approximate surface area is 214 Å². The van der Waals surface area contributed by atoms with Crippen molar-refractivity contribution in [3.8, 4) is 11.1 Å². The largest absolute Gasteiger partial charge is 0.378 e. The molecule has 1 amide bonds. The van der Waals surface area contributed by atoms with Crippen molar-refractivity contribution in [1.29, 1.82) is 0 Å². The molecule has 1 aliphatic heterocycles. The molecule has 180 valence electrons. The minimum absolute atomic E-state index is 0.125. The van der Waals surface area contributed by atoms with Gasteiger partial charge in [-0.15, -0.1) is 0 Å². The summed E-state index contributed by atoms with van der Waals surface area (Å²) in [5.41, 5.74) is 6.86. The third kappa shape index (κ3) is 5.32. The van der Waals surface area contributed by atoms with Crippen LogP contribution in [0.1, 0.15) is 12.5 Å². The van der Waals surface area contributed by atoms with Crippen molar-refractivity contribution >= 4 is 51.7 Å². The van der Waals surface area contributed by atoms with E-state index in [0.717, 1.165) is 54.0 Å². The molecule has 0 radical (unpaired) electrons. The molecule has 0 saturated carbocycles. The predicted molar refractivity (Wildman–Crippen MR) is 145 cm³/mol. The number of rotatable bonds is 6. The molecule has 3 aromatic carbocycles. The number of benzene rings is 3. The Morgan fingerprint density at radius 2 is 1.91 bits per heavy atom. The zero-order chi connectivity index (χ0) is 24.4. The third-order valence-corrected chi connectivity index (χ3v) is 7.38. The molecule has 5 rings (SSSR count). The monoisotopic (exact) mass is 506 g/mol. The molecule has 1 aliphatic rings. The quantitative estimate of drug-likeness (QED) is 0.307. The summed E-state index contributed by atoms with van der Waals surface area (Å²) in [5, 5.41) is 3.79. The number of aromatic nitrogens is 2. The number of morpholine rings is 1. The highest BCUT2D eigenvalue weighted by molar-refractivity contribution is 8.00. The first-order valence-corrected chi connectivity index (χ1v) is 12.9. The molecule has 0 bridgehead atoms. The highest BCUT2D eigenvalue weighted by Gasteiger charge is 2.19. The summed E-state index contributed by atoms with van der Waals surface area (Å²) in [6.07, 6.45) is 0. The normalized spacial score (nSPS) is 14.8. The van der Waals surface area contributed by atoms with Crippen molar-refractivity contribution in [2.45, 2.75) is 24.3 Å². The lowest BCUT2D eigenvalue weighted by molar-refractivity contribution is -0.115. The first-order valence-electron chi connectivity index (χ1n) is 11.6. The Morgan fingerprint density at radius 3 is 2.66 bits per heavy atom. The zero-order valence-corrected chi connectivity index (χ0v) is 21.2. The van der Waals surface area contributed by atoms with Crippen LogP contribution in [-0.4, -0.2) is 47.4 Å². The average Bonchev–Trinajstić information content (AvgIpc) is 3.29. The molecule has 4 aromatic rings. The maximum atomic E-state index is 12.8. The second-order valence-corrected chi connectivity index (χ2v) is 10.4. The lowest BCUT2D eigenvalue weighted by Crippen LogP contribution is -2.36. The van der Waals surface area contributed by atoms with Crippen LogP contribution in [0.15, 0.2) is 65.8 Å². The van der Waals surface area contributed by atoms with Gasteiger partial charge in [0.15, 0.2) is 5.16 Å². The van der Waals surface area contributed by atoms with E-state index in [2.05, 4.69) is 45.5 Å². The van der Waals surface area contributed by atoms with Crippen molar-refractivity contribution in [1.82, 2.24) is 9.97 Å². The lowest BCUT2D eigenvalue weighted by atomic mass is 10.0. The molecular weight excluding hydrogens is 480 g/mol. The van der Waals surface area contributed by atoms with E-state index in [1.807, 2.05) is 44.2 Å². The van der Waals surface area contributed by atoms with Gasteiger partial charge in [0.2, 0.25) is 5.91 Å². The first-order chi connectivity index (χ1) is 17.0. The molecule has 1 fully saturated rings. The van der Waals surface area contributed by atoms with Crippen LogP contribution in [0, 0.1) is 6.92 Å². The number of amides is 1. The van der Waals surface area contributed by atoms with Gasteiger partial charge in [-0.3, -0.25) is 4.79 Å². The molecule has 0 spiro atoms. The number of halogens is 1. The van der Waals surface area contributed by atoms with E-state index < -0.39 is 0 Å². The van der Waals surface area contributed by atoms with Crippen LogP contribution in [-0.2, 0) is 9.53 Å². The van der Waals surface area contributed by atoms with Gasteiger partial charge < -0.3 is 19.9 Å². The van der Waals surface area contributed by atoms with Crippen LogP contribution < -0.4 is 10.2 Å². The summed E-state index contributed by atoms with van der Waals surface area (Å²) in [7, 11) is 0. The summed E-state index contributed by atoms with van der Waals surface area (Å²) in [5.74, 6) is -0.125. The highest BCUT2D eigenvalue weighted by Crippen LogP contribution is 2.32. The number of nitrogens with one attached hydrogen (secondary N) is 2. The van der Waals surface area contributed by atoms with E-state index in [4.69, 9.17) is 21.3 Å². The molecule has 0 aliphatic carbocycles. The molecule has 35 heavy (non-hydrogen) atoms. The van der Waals surface area contributed by atoms with Gasteiger partial charge in [-0.2, -0.15) is 0 Å². The topological polar surface area (TPSA) is 70.2 Å². The van der Waals surface area contributed by atoms with Crippen molar-refractivity contribution in [3.05, 3.63) is 71.2 Å². The number of nitrogens with zero attached hydrogens (tertiary/aromatic N) is 2. The summed E-state index contributed by atoms with van der Waals surface area (Å²) in [6.45, 7) is 7.19. The second-order valence-electron chi connectivity index (χ2n) is 8.62. The molecule has 8 heteroatoms. The summed E-state index contributed by atoms with van der Waals surface area (Å²) >= 11 is 7.66. The molecule has 2 heterocycles. The number of anilines is 2. The molecular formula is C27H27ClN4O2S. The maximum absolute atomic E-state index is 12.8. The van der Waals surface area contributed by atoms with Gasteiger partial charge in [-0.05, 0) is 55.3 Å². The number of carbonyl (C=O) groups is 1. The van der Waals surface area contributed by atoms with Crippen molar-refractivity contribution < 1.29 is 9.53 Å². The number of ether oxygens (including phenoxy) is 1. The first kappa shape index (κ1) is 23.7. The predicted octanol–water partition coefficient (Wildman–Crippen LogP) is 6.15. The van der Waals surface area contributed by atoms with Gasteiger partial charge in [0.25, 0.3) is 0 Å². The van der Waals surface area contributed by atoms with Crippen LogP contribution in [0.5, 0.6) is 0 Å². The number of aryl methyl sites for hydroxylation is 1. The van der Waals surface area contributed by atoms with E-state index in [-0.39, 0.29) is 11.2 Å². The number of aromatic amines is 1. The summed E-state index contributed by atoms with van der Waals surface area (Å²) < 4.78 is 5.46. The fourth-order valence-corrected chi connectivity index (χ4v) is 5.24. The van der Waals surface area contributed by atoms with Gasteiger partial charge in [0.1, 0.15) is 0 Å². The van der Waals surface area contributed by atoms with Crippen LogP contribution in [0.4, 0.5) is 11.4 Å².